The van der Waals surface area contributed by atoms with Crippen LogP contribution < -0.4 is 5.32 Å². The smallest absolute Gasteiger partial charge is 0.222 e. The van der Waals surface area contributed by atoms with Crippen molar-refractivity contribution >= 4 is 5.95 Å². The van der Waals surface area contributed by atoms with Crippen LogP contribution in [0.3, 0.4) is 0 Å². The molecule has 5 heteroatoms. The third kappa shape index (κ3) is 4.01. The van der Waals surface area contributed by atoms with Gasteiger partial charge in [-0.25, -0.2) is 9.97 Å². The van der Waals surface area contributed by atoms with Crippen molar-refractivity contribution in [3.05, 3.63) is 18.0 Å². The molecule has 5 nitrogen and oxygen atoms in total. The number of hydrogen-bond acceptors (Lipinski definition) is 5. The predicted molar refractivity (Wildman–Crippen MR) is 92.8 cm³/mol. The first-order chi connectivity index (χ1) is 11.2. The van der Waals surface area contributed by atoms with Gasteiger partial charge in [-0.15, -0.1) is 0 Å². The Morgan fingerprint density at radius 2 is 1.96 bits per heavy atom. The Kier molecular flexibility index (Phi) is 5.49. The first kappa shape index (κ1) is 16.7. The second-order valence-electron chi connectivity index (χ2n) is 7.20. The van der Waals surface area contributed by atoms with Crippen molar-refractivity contribution in [3.63, 3.8) is 0 Å². The summed E-state index contributed by atoms with van der Waals surface area (Å²) >= 11 is 0. The summed E-state index contributed by atoms with van der Waals surface area (Å²) in [6.45, 7) is 9.10. The normalized spacial score (nSPS) is 22.2. The lowest BCUT2D eigenvalue weighted by Crippen LogP contribution is -2.58. The summed E-state index contributed by atoms with van der Waals surface area (Å²) in [5.74, 6) is 1.20. The van der Waals surface area contributed by atoms with Crippen molar-refractivity contribution in [2.75, 3.05) is 38.2 Å². The minimum absolute atomic E-state index is 0.249. The van der Waals surface area contributed by atoms with E-state index in [0.29, 0.717) is 5.92 Å². The van der Waals surface area contributed by atoms with Gasteiger partial charge in [0.05, 0.1) is 13.2 Å². The number of nitrogens with one attached hydrogen (secondary N) is 1. The van der Waals surface area contributed by atoms with E-state index < -0.39 is 0 Å². The van der Waals surface area contributed by atoms with Crippen LogP contribution in [0.2, 0.25) is 0 Å². The molecule has 0 spiro atoms. The topological polar surface area (TPSA) is 50.3 Å². The van der Waals surface area contributed by atoms with Crippen molar-refractivity contribution in [2.24, 2.45) is 0 Å². The van der Waals surface area contributed by atoms with Gasteiger partial charge in [-0.2, -0.15) is 0 Å². The highest BCUT2D eigenvalue weighted by Crippen LogP contribution is 2.34. The molecule has 0 aromatic carbocycles. The van der Waals surface area contributed by atoms with Crippen molar-refractivity contribution in [1.29, 1.82) is 0 Å². The van der Waals surface area contributed by atoms with E-state index in [1.54, 1.807) is 0 Å². The van der Waals surface area contributed by atoms with Gasteiger partial charge in [0, 0.05) is 37.1 Å². The van der Waals surface area contributed by atoms with Crippen molar-refractivity contribution in [1.82, 2.24) is 14.9 Å². The van der Waals surface area contributed by atoms with E-state index in [4.69, 9.17) is 4.74 Å². The third-order valence-corrected chi connectivity index (χ3v) is 5.31. The molecule has 1 aromatic heterocycles. The van der Waals surface area contributed by atoms with Crippen LogP contribution in [-0.4, -0.2) is 53.3 Å². The first-order valence-electron chi connectivity index (χ1n) is 9.09. The second-order valence-corrected chi connectivity index (χ2v) is 7.20. The van der Waals surface area contributed by atoms with Crippen LogP contribution in [0.5, 0.6) is 0 Å². The fraction of sp³-hybridized carbons (Fsp3) is 0.778. The number of hydrogen-bond donors (Lipinski definition) is 1. The molecule has 0 unspecified atom stereocenters. The molecule has 0 amide bonds. The van der Waals surface area contributed by atoms with E-state index in [1.165, 1.54) is 32.1 Å². The van der Waals surface area contributed by atoms with Gasteiger partial charge in [-0.1, -0.05) is 33.1 Å². The maximum Gasteiger partial charge on any atom is 0.222 e. The largest absolute Gasteiger partial charge is 0.379 e. The van der Waals surface area contributed by atoms with E-state index in [-0.39, 0.29) is 5.54 Å². The van der Waals surface area contributed by atoms with Gasteiger partial charge in [-0.05, 0) is 24.8 Å². The van der Waals surface area contributed by atoms with Crippen LogP contribution in [0.15, 0.2) is 12.3 Å². The lowest BCUT2D eigenvalue weighted by molar-refractivity contribution is -0.0319. The monoisotopic (exact) mass is 318 g/mol. The van der Waals surface area contributed by atoms with Crippen molar-refractivity contribution < 1.29 is 4.74 Å². The Morgan fingerprint density at radius 1 is 1.22 bits per heavy atom. The van der Waals surface area contributed by atoms with E-state index in [9.17, 15) is 0 Å². The molecule has 2 fully saturated rings. The number of morpholine rings is 1. The average Bonchev–Trinajstić information content (AvgIpc) is 2.62. The van der Waals surface area contributed by atoms with Crippen LogP contribution in [0.1, 0.15) is 57.6 Å². The van der Waals surface area contributed by atoms with E-state index in [1.807, 2.05) is 12.3 Å². The summed E-state index contributed by atoms with van der Waals surface area (Å²) < 4.78 is 5.55. The highest BCUT2D eigenvalue weighted by atomic mass is 16.5. The Labute approximate surface area is 139 Å². The Bertz CT molecular complexity index is 494. The molecule has 2 heterocycles. The van der Waals surface area contributed by atoms with Gasteiger partial charge in [0.25, 0.3) is 0 Å². The maximum atomic E-state index is 5.55. The zero-order chi connectivity index (χ0) is 16.1. The van der Waals surface area contributed by atoms with Gasteiger partial charge in [-0.3, -0.25) is 4.90 Å². The Balaban J connectivity index is 1.70. The summed E-state index contributed by atoms with van der Waals surface area (Å²) in [5, 5.41) is 3.54. The zero-order valence-corrected chi connectivity index (χ0v) is 14.6. The molecular formula is C18H30N4O. The minimum Gasteiger partial charge on any atom is -0.379 e. The number of aromatic nitrogens is 2. The summed E-state index contributed by atoms with van der Waals surface area (Å²) in [6, 6.07) is 2.01. The summed E-state index contributed by atoms with van der Waals surface area (Å²) in [4.78, 5) is 11.7. The fourth-order valence-corrected chi connectivity index (χ4v) is 3.88. The quantitative estimate of drug-likeness (QED) is 0.904. The van der Waals surface area contributed by atoms with Gasteiger partial charge in [0.2, 0.25) is 5.95 Å². The number of ether oxygens (including phenoxy) is 1. The average molecular weight is 318 g/mol. The van der Waals surface area contributed by atoms with Crippen molar-refractivity contribution in [3.8, 4) is 0 Å². The predicted octanol–water partition coefficient (Wildman–Crippen LogP) is 3.05. The Morgan fingerprint density at radius 3 is 2.65 bits per heavy atom. The highest BCUT2D eigenvalue weighted by molar-refractivity contribution is 5.27. The van der Waals surface area contributed by atoms with E-state index in [0.717, 1.165) is 44.5 Å². The highest BCUT2D eigenvalue weighted by Gasteiger charge is 2.38. The minimum atomic E-state index is 0.249. The fourth-order valence-electron chi connectivity index (χ4n) is 3.88. The SMILES string of the molecule is CC(C)c1ccnc(NCC2(N3CCOCC3)CCCCC2)n1. The number of rotatable bonds is 5. The second kappa shape index (κ2) is 7.58. The van der Waals surface area contributed by atoms with Crippen LogP contribution >= 0.6 is 0 Å². The molecule has 128 valence electrons. The first-order valence-corrected chi connectivity index (χ1v) is 9.09. The van der Waals surface area contributed by atoms with Crippen LogP contribution in [-0.2, 0) is 4.74 Å². The van der Waals surface area contributed by atoms with Gasteiger partial charge in [0.1, 0.15) is 0 Å². The van der Waals surface area contributed by atoms with Gasteiger partial charge >= 0.3 is 0 Å². The van der Waals surface area contributed by atoms with Gasteiger partial charge in [0.15, 0.2) is 0 Å². The summed E-state index contributed by atoms with van der Waals surface area (Å²) in [6.07, 6.45) is 8.42. The standard InChI is InChI=1S/C18H30N4O/c1-15(2)16-6-9-19-17(21-16)20-14-18(7-4-3-5-8-18)22-10-12-23-13-11-22/h6,9,15H,3-5,7-8,10-14H2,1-2H3,(H,19,20,21). The van der Waals surface area contributed by atoms with Crippen LogP contribution in [0.4, 0.5) is 5.95 Å². The van der Waals surface area contributed by atoms with Crippen LogP contribution in [0.25, 0.3) is 0 Å². The molecule has 1 saturated heterocycles. The van der Waals surface area contributed by atoms with Crippen molar-refractivity contribution in [2.45, 2.75) is 57.4 Å². The molecule has 1 N–H and O–H groups in total. The molecule has 1 aromatic rings. The molecule has 0 radical (unpaired) electrons. The lowest BCUT2D eigenvalue weighted by Gasteiger charge is -2.48. The van der Waals surface area contributed by atoms with E-state index >= 15 is 0 Å². The molecule has 0 atom stereocenters. The number of nitrogens with zero attached hydrogens (tertiary/aromatic N) is 3. The molecule has 23 heavy (non-hydrogen) atoms. The van der Waals surface area contributed by atoms with Gasteiger partial charge < -0.3 is 10.1 Å². The molecule has 1 aliphatic heterocycles. The Hall–Kier alpha value is -1.20. The summed E-state index contributed by atoms with van der Waals surface area (Å²) in [7, 11) is 0. The zero-order valence-electron chi connectivity index (χ0n) is 14.6. The molecular weight excluding hydrogens is 288 g/mol. The third-order valence-electron chi connectivity index (χ3n) is 5.31. The summed E-state index contributed by atoms with van der Waals surface area (Å²) in [5.41, 5.74) is 1.35. The molecule has 2 aliphatic rings. The molecule has 3 rings (SSSR count). The van der Waals surface area contributed by atoms with E-state index in [2.05, 4.69) is 34.0 Å². The lowest BCUT2D eigenvalue weighted by atomic mass is 9.80. The van der Waals surface area contributed by atoms with Crippen LogP contribution in [0, 0.1) is 0 Å². The molecule has 1 saturated carbocycles. The molecule has 0 bridgehead atoms. The number of anilines is 1. The maximum absolute atomic E-state index is 5.55. The molecule has 1 aliphatic carbocycles.